The number of rotatable bonds is 9. The van der Waals surface area contributed by atoms with Gasteiger partial charge >= 0.3 is 0 Å². The highest BCUT2D eigenvalue weighted by Crippen LogP contribution is 2.09. The zero-order valence-electron chi connectivity index (χ0n) is 11.5. The molecular formula is C13H33N2+. The molecule has 0 aliphatic carbocycles. The Kier molecular flexibility index (Phi) is 12.1. The predicted molar refractivity (Wildman–Crippen MR) is 70.5 cm³/mol. The van der Waals surface area contributed by atoms with Gasteiger partial charge in [-0.1, -0.05) is 45.4 Å². The maximum atomic E-state index is 2.28. The highest BCUT2D eigenvalue weighted by Gasteiger charge is 2.04. The number of hydrogen-bond donors (Lipinski definition) is 1. The van der Waals surface area contributed by atoms with E-state index < -0.39 is 0 Å². The second-order valence-electron chi connectivity index (χ2n) is 5.49. The molecule has 3 N–H and O–H groups in total. The Morgan fingerprint density at radius 3 is 1.47 bits per heavy atom. The lowest BCUT2D eigenvalue weighted by molar-refractivity contribution is -0.870. The van der Waals surface area contributed by atoms with E-state index in [9.17, 15) is 0 Å². The van der Waals surface area contributed by atoms with Crippen molar-refractivity contribution < 1.29 is 4.48 Å². The van der Waals surface area contributed by atoms with Gasteiger partial charge in [0, 0.05) is 0 Å². The summed E-state index contributed by atoms with van der Waals surface area (Å²) >= 11 is 0. The van der Waals surface area contributed by atoms with Crippen molar-refractivity contribution in [1.82, 2.24) is 6.15 Å². The van der Waals surface area contributed by atoms with Crippen LogP contribution in [0.2, 0.25) is 0 Å². The lowest BCUT2D eigenvalue weighted by Crippen LogP contribution is -2.35. The number of hydrogen-bond acceptors (Lipinski definition) is 1. The fourth-order valence-electron chi connectivity index (χ4n) is 1.72. The molecule has 0 heterocycles. The van der Waals surface area contributed by atoms with Crippen LogP contribution in [0.4, 0.5) is 0 Å². The predicted octanol–water partition coefficient (Wildman–Crippen LogP) is 4.00. The largest absolute Gasteiger partial charge is 0.344 e. The van der Waals surface area contributed by atoms with E-state index in [0.29, 0.717) is 0 Å². The highest BCUT2D eigenvalue weighted by molar-refractivity contribution is 4.45. The van der Waals surface area contributed by atoms with Gasteiger partial charge in [-0.2, -0.15) is 0 Å². The molecule has 2 nitrogen and oxygen atoms in total. The molecule has 0 saturated heterocycles. The van der Waals surface area contributed by atoms with Gasteiger partial charge in [0.15, 0.2) is 0 Å². The highest BCUT2D eigenvalue weighted by atomic mass is 15.3. The standard InChI is InChI=1S/C13H30N.H3N/c1-5-6-7-8-9-10-11-12-13-14(2,3)4;/h5-13H2,1-4H3;1H3/q+1;. The van der Waals surface area contributed by atoms with E-state index in [2.05, 4.69) is 28.1 Å². The Morgan fingerprint density at radius 1 is 0.667 bits per heavy atom. The van der Waals surface area contributed by atoms with Gasteiger partial charge in [0.2, 0.25) is 0 Å². The number of nitrogens with zero attached hydrogens (tertiary/aromatic N) is 1. The SMILES string of the molecule is CCCCCCCCCC[N+](C)(C)C.N. The normalized spacial score (nSPS) is 11.2. The summed E-state index contributed by atoms with van der Waals surface area (Å²) in [6.07, 6.45) is 11.4. The van der Waals surface area contributed by atoms with Gasteiger partial charge in [0.1, 0.15) is 0 Å². The van der Waals surface area contributed by atoms with Crippen LogP contribution in [-0.4, -0.2) is 32.2 Å². The van der Waals surface area contributed by atoms with Crippen molar-refractivity contribution in [3.05, 3.63) is 0 Å². The van der Waals surface area contributed by atoms with E-state index in [4.69, 9.17) is 0 Å². The van der Waals surface area contributed by atoms with E-state index in [1.165, 1.54) is 57.9 Å². The first-order chi connectivity index (χ1) is 6.56. The summed E-state index contributed by atoms with van der Waals surface area (Å²) in [5, 5.41) is 0. The first-order valence-electron chi connectivity index (χ1n) is 6.36. The Hall–Kier alpha value is -0.0800. The van der Waals surface area contributed by atoms with E-state index >= 15 is 0 Å². The molecule has 0 fully saturated rings. The van der Waals surface area contributed by atoms with Crippen molar-refractivity contribution >= 4 is 0 Å². The third-order valence-corrected chi connectivity index (χ3v) is 2.68. The number of unbranched alkanes of at least 4 members (excludes halogenated alkanes) is 7. The lowest BCUT2D eigenvalue weighted by Gasteiger charge is -2.23. The van der Waals surface area contributed by atoms with Crippen LogP contribution in [0.25, 0.3) is 0 Å². The van der Waals surface area contributed by atoms with Crippen LogP contribution in [0.15, 0.2) is 0 Å². The van der Waals surface area contributed by atoms with Crippen LogP contribution >= 0.6 is 0 Å². The Morgan fingerprint density at radius 2 is 1.07 bits per heavy atom. The molecule has 0 aliphatic heterocycles. The molecule has 0 saturated carbocycles. The summed E-state index contributed by atoms with van der Waals surface area (Å²) in [5.74, 6) is 0. The summed E-state index contributed by atoms with van der Waals surface area (Å²) in [5.41, 5.74) is 0. The molecule has 0 spiro atoms. The van der Waals surface area contributed by atoms with Crippen LogP contribution in [0, 0.1) is 0 Å². The Labute approximate surface area is 97.2 Å². The van der Waals surface area contributed by atoms with E-state index in [-0.39, 0.29) is 6.15 Å². The van der Waals surface area contributed by atoms with Crippen molar-refractivity contribution in [2.75, 3.05) is 27.7 Å². The minimum absolute atomic E-state index is 0. The molecule has 0 radical (unpaired) electrons. The van der Waals surface area contributed by atoms with Crippen molar-refractivity contribution in [3.63, 3.8) is 0 Å². The smallest absolute Gasteiger partial charge is 0.0780 e. The molecule has 2 heteroatoms. The van der Waals surface area contributed by atoms with Crippen molar-refractivity contribution in [3.8, 4) is 0 Å². The second kappa shape index (κ2) is 10.4. The maximum Gasteiger partial charge on any atom is 0.0780 e. The molecule has 0 aliphatic rings. The first-order valence-corrected chi connectivity index (χ1v) is 6.36. The molecule has 94 valence electrons. The molecule has 0 aromatic carbocycles. The van der Waals surface area contributed by atoms with Crippen LogP contribution < -0.4 is 6.15 Å². The Balaban J connectivity index is 0. The van der Waals surface area contributed by atoms with Crippen molar-refractivity contribution in [2.24, 2.45) is 0 Å². The van der Waals surface area contributed by atoms with Gasteiger partial charge in [-0.3, -0.25) is 0 Å². The minimum atomic E-state index is 0. The van der Waals surface area contributed by atoms with E-state index in [1.807, 2.05) is 0 Å². The van der Waals surface area contributed by atoms with Crippen molar-refractivity contribution in [1.29, 1.82) is 0 Å². The third-order valence-electron chi connectivity index (χ3n) is 2.68. The topological polar surface area (TPSA) is 35.0 Å². The van der Waals surface area contributed by atoms with Gasteiger partial charge in [-0.15, -0.1) is 0 Å². The minimum Gasteiger partial charge on any atom is -0.344 e. The molecule has 0 rings (SSSR count). The summed E-state index contributed by atoms with van der Waals surface area (Å²) in [4.78, 5) is 0. The third kappa shape index (κ3) is 16.6. The number of quaternary nitrogens is 1. The van der Waals surface area contributed by atoms with Gasteiger partial charge in [0.05, 0.1) is 27.7 Å². The Bertz CT molecular complexity index is 116. The molecule has 0 atom stereocenters. The van der Waals surface area contributed by atoms with Crippen molar-refractivity contribution in [2.45, 2.75) is 58.3 Å². The van der Waals surface area contributed by atoms with E-state index in [0.717, 1.165) is 4.48 Å². The molecule has 0 bridgehead atoms. The van der Waals surface area contributed by atoms with Crippen LogP contribution in [-0.2, 0) is 0 Å². The molecule has 15 heavy (non-hydrogen) atoms. The fraction of sp³-hybridized carbons (Fsp3) is 1.00. The van der Waals surface area contributed by atoms with E-state index in [1.54, 1.807) is 0 Å². The molecular weight excluding hydrogens is 184 g/mol. The zero-order chi connectivity index (χ0) is 10.9. The molecule has 0 aromatic rings. The lowest BCUT2D eigenvalue weighted by atomic mass is 10.1. The fourth-order valence-corrected chi connectivity index (χ4v) is 1.72. The van der Waals surface area contributed by atoms with Gasteiger partial charge < -0.3 is 10.6 Å². The second-order valence-corrected chi connectivity index (χ2v) is 5.49. The quantitative estimate of drug-likeness (QED) is 0.460. The van der Waals surface area contributed by atoms with Crippen LogP contribution in [0.3, 0.4) is 0 Å². The molecule has 0 unspecified atom stereocenters. The average molecular weight is 217 g/mol. The monoisotopic (exact) mass is 217 g/mol. The summed E-state index contributed by atoms with van der Waals surface area (Å²) < 4.78 is 1.12. The zero-order valence-corrected chi connectivity index (χ0v) is 11.5. The molecule has 0 amide bonds. The van der Waals surface area contributed by atoms with Crippen LogP contribution in [0.5, 0.6) is 0 Å². The molecule has 0 aromatic heterocycles. The average Bonchev–Trinajstić information content (AvgIpc) is 2.08. The maximum absolute atomic E-state index is 2.28. The first kappa shape index (κ1) is 17.3. The van der Waals surface area contributed by atoms with Gasteiger partial charge in [-0.05, 0) is 12.8 Å². The summed E-state index contributed by atoms with van der Waals surface area (Å²) in [6, 6.07) is 0. The van der Waals surface area contributed by atoms with Crippen LogP contribution in [0.1, 0.15) is 58.3 Å². The summed E-state index contributed by atoms with van der Waals surface area (Å²) in [6.45, 7) is 3.61. The van der Waals surface area contributed by atoms with Gasteiger partial charge in [-0.25, -0.2) is 0 Å². The summed E-state index contributed by atoms with van der Waals surface area (Å²) in [7, 11) is 6.84. The van der Waals surface area contributed by atoms with Gasteiger partial charge in [0.25, 0.3) is 0 Å².